The van der Waals surface area contributed by atoms with Crippen LogP contribution in [0.1, 0.15) is 26.5 Å². The molecule has 0 unspecified atom stereocenters. The lowest BCUT2D eigenvalue weighted by Gasteiger charge is -2.04. The molecular formula is C12H22N4O. The highest BCUT2D eigenvalue weighted by Crippen LogP contribution is 1.94. The minimum absolute atomic E-state index is 0.462. The quantitative estimate of drug-likeness (QED) is 0.549. The fourth-order valence-electron chi connectivity index (χ4n) is 1.24. The summed E-state index contributed by atoms with van der Waals surface area (Å²) in [6, 6.07) is 0.462. The van der Waals surface area contributed by atoms with Crippen molar-refractivity contribution >= 4 is 0 Å². The first-order valence-corrected chi connectivity index (χ1v) is 6.03. The summed E-state index contributed by atoms with van der Waals surface area (Å²) in [5, 5.41) is 11.4. The van der Waals surface area contributed by atoms with Crippen LogP contribution in [0.4, 0.5) is 0 Å². The van der Waals surface area contributed by atoms with Crippen molar-refractivity contribution in [3.63, 3.8) is 0 Å². The van der Waals surface area contributed by atoms with Crippen LogP contribution in [0.2, 0.25) is 0 Å². The van der Waals surface area contributed by atoms with Crippen LogP contribution in [0.3, 0.4) is 0 Å². The molecule has 0 aromatic carbocycles. The molecule has 0 saturated heterocycles. The van der Waals surface area contributed by atoms with Gasteiger partial charge in [0.2, 0.25) is 0 Å². The Hall–Kier alpha value is -1.20. The van der Waals surface area contributed by atoms with Gasteiger partial charge in [-0.25, -0.2) is 4.68 Å². The van der Waals surface area contributed by atoms with E-state index in [1.54, 1.807) is 0 Å². The minimum atomic E-state index is 0.462. The third kappa shape index (κ3) is 6.19. The van der Waals surface area contributed by atoms with E-state index in [0.717, 1.165) is 18.8 Å². The molecule has 1 aromatic heterocycles. The topological polar surface area (TPSA) is 52.0 Å². The number of aromatic nitrogens is 3. The van der Waals surface area contributed by atoms with E-state index < -0.39 is 0 Å². The number of allylic oxidation sites excluding steroid dienone is 1. The minimum Gasteiger partial charge on any atom is -0.375 e. The number of rotatable bonds is 8. The van der Waals surface area contributed by atoms with Gasteiger partial charge in [-0.2, -0.15) is 0 Å². The molecule has 5 nitrogen and oxygen atoms in total. The van der Waals surface area contributed by atoms with E-state index in [4.69, 9.17) is 4.74 Å². The highest BCUT2D eigenvalue weighted by Gasteiger charge is 2.01. The highest BCUT2D eigenvalue weighted by molar-refractivity contribution is 4.91. The average molecular weight is 238 g/mol. The standard InChI is InChI=1S/C12H22N4O/c1-4-5-7-17-8-6-16-10-12(14-15-16)9-13-11(2)3/h4-5,10-11,13H,6-9H2,1-3H3. The molecule has 0 aliphatic rings. The van der Waals surface area contributed by atoms with Gasteiger partial charge in [0, 0.05) is 18.8 Å². The zero-order valence-corrected chi connectivity index (χ0v) is 10.9. The highest BCUT2D eigenvalue weighted by atomic mass is 16.5. The van der Waals surface area contributed by atoms with Crippen molar-refractivity contribution < 1.29 is 4.74 Å². The van der Waals surface area contributed by atoms with E-state index in [9.17, 15) is 0 Å². The summed E-state index contributed by atoms with van der Waals surface area (Å²) in [7, 11) is 0. The molecule has 0 spiro atoms. The van der Waals surface area contributed by atoms with Crippen LogP contribution < -0.4 is 5.32 Å². The number of nitrogens with zero attached hydrogens (tertiary/aromatic N) is 3. The van der Waals surface area contributed by atoms with E-state index >= 15 is 0 Å². The van der Waals surface area contributed by atoms with Gasteiger partial charge in [-0.05, 0) is 6.92 Å². The van der Waals surface area contributed by atoms with Crippen LogP contribution in [0, 0.1) is 0 Å². The Bertz CT molecular complexity index is 333. The molecule has 1 heterocycles. The van der Waals surface area contributed by atoms with Crippen molar-refractivity contribution in [1.82, 2.24) is 20.3 Å². The molecule has 1 aromatic rings. The maximum atomic E-state index is 5.39. The molecule has 0 aliphatic carbocycles. The first kappa shape index (κ1) is 13.9. The molecule has 1 N–H and O–H groups in total. The molecular weight excluding hydrogens is 216 g/mol. The Balaban J connectivity index is 2.21. The van der Waals surface area contributed by atoms with E-state index in [0.29, 0.717) is 19.3 Å². The van der Waals surface area contributed by atoms with Crippen molar-refractivity contribution in [3.8, 4) is 0 Å². The lowest BCUT2D eigenvalue weighted by molar-refractivity contribution is 0.149. The normalized spacial score (nSPS) is 11.8. The zero-order valence-electron chi connectivity index (χ0n) is 10.9. The van der Waals surface area contributed by atoms with Gasteiger partial charge < -0.3 is 10.1 Å². The lowest BCUT2D eigenvalue weighted by atomic mass is 10.3. The molecule has 17 heavy (non-hydrogen) atoms. The molecule has 5 heteroatoms. The first-order chi connectivity index (χ1) is 8.22. The third-order valence-corrected chi connectivity index (χ3v) is 2.19. The Labute approximate surface area is 103 Å². The summed E-state index contributed by atoms with van der Waals surface area (Å²) in [5.41, 5.74) is 0.965. The monoisotopic (exact) mass is 238 g/mol. The maximum Gasteiger partial charge on any atom is 0.0964 e. The summed E-state index contributed by atoms with van der Waals surface area (Å²) in [6.45, 7) is 9.02. The van der Waals surface area contributed by atoms with Crippen molar-refractivity contribution in [2.75, 3.05) is 13.2 Å². The van der Waals surface area contributed by atoms with Crippen molar-refractivity contribution in [1.29, 1.82) is 0 Å². The molecule has 0 atom stereocenters. The van der Waals surface area contributed by atoms with E-state index in [1.165, 1.54) is 0 Å². The van der Waals surface area contributed by atoms with Gasteiger partial charge in [0.25, 0.3) is 0 Å². The number of hydrogen-bond donors (Lipinski definition) is 1. The van der Waals surface area contributed by atoms with Crippen LogP contribution in [-0.4, -0.2) is 34.2 Å². The van der Waals surface area contributed by atoms with Crippen molar-refractivity contribution in [2.45, 2.75) is 39.9 Å². The smallest absolute Gasteiger partial charge is 0.0964 e. The summed E-state index contributed by atoms with van der Waals surface area (Å²) < 4.78 is 7.21. The molecule has 0 aliphatic heterocycles. The molecule has 1 rings (SSSR count). The van der Waals surface area contributed by atoms with Crippen LogP contribution in [0.25, 0.3) is 0 Å². The van der Waals surface area contributed by atoms with E-state index in [1.807, 2.05) is 30.0 Å². The van der Waals surface area contributed by atoms with Crippen LogP contribution in [-0.2, 0) is 17.8 Å². The number of hydrogen-bond acceptors (Lipinski definition) is 4. The van der Waals surface area contributed by atoms with Crippen LogP contribution in [0.5, 0.6) is 0 Å². The SMILES string of the molecule is CC=CCOCCn1cc(CNC(C)C)nn1. The van der Waals surface area contributed by atoms with Crippen molar-refractivity contribution in [2.24, 2.45) is 0 Å². The second kappa shape index (κ2) is 7.97. The fourth-order valence-corrected chi connectivity index (χ4v) is 1.24. The Morgan fingerprint density at radius 3 is 3.06 bits per heavy atom. The second-order valence-electron chi connectivity index (χ2n) is 4.15. The summed E-state index contributed by atoms with van der Waals surface area (Å²) >= 11 is 0. The van der Waals surface area contributed by atoms with Gasteiger partial charge in [0.05, 0.1) is 25.5 Å². The van der Waals surface area contributed by atoms with E-state index in [2.05, 4.69) is 29.5 Å². The summed E-state index contributed by atoms with van der Waals surface area (Å²) in [5.74, 6) is 0. The van der Waals surface area contributed by atoms with Crippen LogP contribution in [0.15, 0.2) is 18.3 Å². The van der Waals surface area contributed by atoms with Gasteiger partial charge in [-0.3, -0.25) is 0 Å². The molecule has 0 bridgehead atoms. The molecule has 0 saturated carbocycles. The van der Waals surface area contributed by atoms with Gasteiger partial charge in [-0.1, -0.05) is 31.2 Å². The first-order valence-electron chi connectivity index (χ1n) is 6.03. The molecule has 0 amide bonds. The largest absolute Gasteiger partial charge is 0.375 e. The molecule has 0 radical (unpaired) electrons. The summed E-state index contributed by atoms with van der Waals surface area (Å²) in [6.07, 6.45) is 5.92. The van der Waals surface area contributed by atoms with Crippen LogP contribution >= 0.6 is 0 Å². The molecule has 96 valence electrons. The number of nitrogens with one attached hydrogen (secondary N) is 1. The van der Waals surface area contributed by atoms with Crippen molar-refractivity contribution in [3.05, 3.63) is 24.0 Å². The average Bonchev–Trinajstić information content (AvgIpc) is 2.74. The van der Waals surface area contributed by atoms with Gasteiger partial charge >= 0.3 is 0 Å². The second-order valence-corrected chi connectivity index (χ2v) is 4.15. The third-order valence-electron chi connectivity index (χ3n) is 2.19. The van der Waals surface area contributed by atoms with Gasteiger partial charge in [0.15, 0.2) is 0 Å². The predicted octanol–water partition coefficient (Wildman–Crippen LogP) is 1.37. The maximum absolute atomic E-state index is 5.39. The lowest BCUT2D eigenvalue weighted by Crippen LogP contribution is -2.21. The summed E-state index contributed by atoms with van der Waals surface area (Å²) in [4.78, 5) is 0. The number of ether oxygens (including phenoxy) is 1. The Morgan fingerprint density at radius 2 is 2.35 bits per heavy atom. The van der Waals surface area contributed by atoms with Gasteiger partial charge in [-0.15, -0.1) is 5.10 Å². The zero-order chi connectivity index (χ0) is 12.5. The van der Waals surface area contributed by atoms with E-state index in [-0.39, 0.29) is 0 Å². The Morgan fingerprint density at radius 1 is 1.53 bits per heavy atom. The molecule has 0 fully saturated rings. The fraction of sp³-hybridized carbons (Fsp3) is 0.667. The Kier molecular flexibility index (Phi) is 6.50. The van der Waals surface area contributed by atoms with Gasteiger partial charge in [0.1, 0.15) is 0 Å². The predicted molar refractivity (Wildman–Crippen MR) is 67.6 cm³/mol.